The second-order valence-corrected chi connectivity index (χ2v) is 8.88. The number of amides is 1. The first-order valence-corrected chi connectivity index (χ1v) is 10.9. The van der Waals surface area contributed by atoms with E-state index in [4.69, 9.17) is 27.6 Å². The number of hydrogen-bond acceptors (Lipinski definition) is 4. The van der Waals surface area contributed by atoms with Crippen molar-refractivity contribution < 1.29 is 17.6 Å². The Balaban J connectivity index is 1.59. The van der Waals surface area contributed by atoms with Crippen LogP contribution in [0, 0.1) is 0 Å². The molecule has 0 aliphatic heterocycles. The van der Waals surface area contributed by atoms with Crippen LogP contribution in [0.2, 0.25) is 10.0 Å². The maximum atomic E-state index is 12.7. The molecular weight excluding hydrogens is 447 g/mol. The first-order chi connectivity index (χ1) is 14.3. The van der Waals surface area contributed by atoms with Crippen molar-refractivity contribution in [3.63, 3.8) is 0 Å². The standard InChI is InChI=1S/C21H14Cl2N2O4S/c22-14-5-7-15(8-6-14)25-30(27,28)16-9-10-17(23)18(12-16)24-21(26)20-11-13-3-1-2-4-19(13)29-20/h1-12,25H,(H,24,26). The van der Waals surface area contributed by atoms with E-state index in [1.807, 2.05) is 12.1 Å². The van der Waals surface area contributed by atoms with Crippen molar-refractivity contribution in [3.8, 4) is 0 Å². The lowest BCUT2D eigenvalue weighted by molar-refractivity contribution is 0.0998. The van der Waals surface area contributed by atoms with E-state index in [-0.39, 0.29) is 21.4 Å². The molecule has 152 valence electrons. The summed E-state index contributed by atoms with van der Waals surface area (Å²) >= 11 is 12.0. The Morgan fingerprint density at radius 2 is 1.63 bits per heavy atom. The topological polar surface area (TPSA) is 88.4 Å². The third-order valence-electron chi connectivity index (χ3n) is 4.24. The summed E-state index contributed by atoms with van der Waals surface area (Å²) in [4.78, 5) is 12.5. The number of hydrogen-bond donors (Lipinski definition) is 2. The van der Waals surface area contributed by atoms with Crippen LogP contribution in [0.3, 0.4) is 0 Å². The van der Waals surface area contributed by atoms with E-state index in [2.05, 4.69) is 10.0 Å². The monoisotopic (exact) mass is 460 g/mol. The number of halogens is 2. The number of nitrogens with one attached hydrogen (secondary N) is 2. The number of carbonyl (C=O) groups is 1. The van der Waals surface area contributed by atoms with Gasteiger partial charge in [0.25, 0.3) is 15.9 Å². The van der Waals surface area contributed by atoms with Gasteiger partial charge in [0, 0.05) is 16.1 Å². The van der Waals surface area contributed by atoms with Crippen molar-refractivity contribution in [1.29, 1.82) is 0 Å². The van der Waals surface area contributed by atoms with Gasteiger partial charge in [-0.05, 0) is 54.6 Å². The van der Waals surface area contributed by atoms with Gasteiger partial charge >= 0.3 is 0 Å². The molecule has 6 nitrogen and oxygen atoms in total. The predicted molar refractivity (Wildman–Crippen MR) is 118 cm³/mol. The largest absolute Gasteiger partial charge is 0.451 e. The van der Waals surface area contributed by atoms with Crippen molar-refractivity contribution in [1.82, 2.24) is 0 Å². The third kappa shape index (κ3) is 4.28. The smallest absolute Gasteiger partial charge is 0.291 e. The second kappa shape index (κ2) is 8.02. The Kier molecular flexibility index (Phi) is 5.42. The molecule has 3 aromatic carbocycles. The zero-order valence-electron chi connectivity index (χ0n) is 15.2. The van der Waals surface area contributed by atoms with Crippen LogP contribution in [0.1, 0.15) is 10.6 Å². The fourth-order valence-corrected chi connectivity index (χ4v) is 4.15. The van der Waals surface area contributed by atoms with E-state index in [0.717, 1.165) is 5.39 Å². The molecular formula is C21H14Cl2N2O4S. The summed E-state index contributed by atoms with van der Waals surface area (Å²) in [5, 5.41) is 4.04. The van der Waals surface area contributed by atoms with Crippen LogP contribution < -0.4 is 10.0 Å². The van der Waals surface area contributed by atoms with Crippen LogP contribution in [0.15, 0.2) is 82.1 Å². The van der Waals surface area contributed by atoms with Crippen LogP contribution in [-0.2, 0) is 10.0 Å². The van der Waals surface area contributed by atoms with Crippen molar-refractivity contribution in [2.45, 2.75) is 4.90 Å². The van der Waals surface area contributed by atoms with Gasteiger partial charge < -0.3 is 9.73 Å². The van der Waals surface area contributed by atoms with Gasteiger partial charge in [-0.25, -0.2) is 8.42 Å². The number of anilines is 2. The summed E-state index contributed by atoms with van der Waals surface area (Å²) in [6.07, 6.45) is 0. The third-order valence-corrected chi connectivity index (χ3v) is 6.20. The number of sulfonamides is 1. The van der Waals surface area contributed by atoms with E-state index < -0.39 is 15.9 Å². The molecule has 0 aliphatic rings. The number of rotatable bonds is 5. The minimum Gasteiger partial charge on any atom is -0.451 e. The van der Waals surface area contributed by atoms with Crippen LogP contribution in [0.25, 0.3) is 11.0 Å². The highest BCUT2D eigenvalue weighted by atomic mass is 35.5. The van der Waals surface area contributed by atoms with E-state index >= 15 is 0 Å². The maximum Gasteiger partial charge on any atom is 0.291 e. The molecule has 0 saturated heterocycles. The Bertz CT molecular complexity index is 1320. The molecule has 0 aliphatic carbocycles. The van der Waals surface area contributed by atoms with Crippen LogP contribution in [0.4, 0.5) is 11.4 Å². The molecule has 0 fully saturated rings. The minimum absolute atomic E-state index is 0.0678. The Labute approximate surface area is 182 Å². The van der Waals surface area contributed by atoms with Crippen LogP contribution >= 0.6 is 23.2 Å². The molecule has 4 aromatic rings. The van der Waals surface area contributed by atoms with Crippen molar-refractivity contribution in [2.24, 2.45) is 0 Å². The zero-order valence-corrected chi connectivity index (χ0v) is 17.6. The Morgan fingerprint density at radius 1 is 0.900 bits per heavy atom. The van der Waals surface area contributed by atoms with Crippen molar-refractivity contribution in [3.05, 3.63) is 88.6 Å². The molecule has 0 spiro atoms. The summed E-state index contributed by atoms with van der Waals surface area (Å²) < 4.78 is 33.4. The summed E-state index contributed by atoms with van der Waals surface area (Å²) in [7, 11) is -3.91. The average molecular weight is 461 g/mol. The summed E-state index contributed by atoms with van der Waals surface area (Å²) in [5.74, 6) is -0.465. The summed E-state index contributed by atoms with van der Waals surface area (Å²) in [6.45, 7) is 0. The lowest BCUT2D eigenvalue weighted by atomic mass is 10.2. The van der Waals surface area contributed by atoms with E-state index in [1.165, 1.54) is 18.2 Å². The minimum atomic E-state index is -3.91. The number of benzene rings is 3. The van der Waals surface area contributed by atoms with Crippen LogP contribution in [0.5, 0.6) is 0 Å². The first-order valence-electron chi connectivity index (χ1n) is 8.70. The molecule has 0 radical (unpaired) electrons. The zero-order chi connectivity index (χ0) is 21.3. The van der Waals surface area contributed by atoms with Gasteiger partial charge in [0.05, 0.1) is 15.6 Å². The first kappa shape index (κ1) is 20.3. The highest BCUT2D eigenvalue weighted by Crippen LogP contribution is 2.28. The van der Waals surface area contributed by atoms with E-state index in [9.17, 15) is 13.2 Å². The Hall–Kier alpha value is -3.00. The van der Waals surface area contributed by atoms with Gasteiger partial charge in [-0.3, -0.25) is 9.52 Å². The SMILES string of the molecule is O=C(Nc1cc(S(=O)(=O)Nc2ccc(Cl)cc2)ccc1Cl)c1cc2ccccc2o1. The van der Waals surface area contributed by atoms with E-state index in [0.29, 0.717) is 16.3 Å². The van der Waals surface area contributed by atoms with E-state index in [1.54, 1.807) is 42.5 Å². The van der Waals surface area contributed by atoms with Gasteiger partial charge in [0.15, 0.2) is 5.76 Å². The lowest BCUT2D eigenvalue weighted by Crippen LogP contribution is -2.15. The van der Waals surface area contributed by atoms with Crippen molar-refractivity contribution >= 4 is 61.5 Å². The van der Waals surface area contributed by atoms with Crippen molar-refractivity contribution in [2.75, 3.05) is 10.0 Å². The molecule has 0 unspecified atom stereocenters. The average Bonchev–Trinajstić information content (AvgIpc) is 3.15. The molecule has 1 aromatic heterocycles. The van der Waals surface area contributed by atoms with Gasteiger partial charge in [-0.2, -0.15) is 0 Å². The van der Waals surface area contributed by atoms with Crippen LogP contribution in [-0.4, -0.2) is 14.3 Å². The normalized spacial score (nSPS) is 11.4. The molecule has 0 bridgehead atoms. The van der Waals surface area contributed by atoms with Gasteiger partial charge in [-0.1, -0.05) is 41.4 Å². The van der Waals surface area contributed by atoms with Gasteiger partial charge in [-0.15, -0.1) is 0 Å². The number of carbonyl (C=O) groups excluding carboxylic acids is 1. The molecule has 4 rings (SSSR count). The molecule has 1 heterocycles. The van der Waals surface area contributed by atoms with Gasteiger partial charge in [0.1, 0.15) is 5.58 Å². The Morgan fingerprint density at radius 3 is 2.37 bits per heavy atom. The molecule has 30 heavy (non-hydrogen) atoms. The highest BCUT2D eigenvalue weighted by Gasteiger charge is 2.19. The molecule has 0 saturated carbocycles. The lowest BCUT2D eigenvalue weighted by Gasteiger charge is -2.11. The highest BCUT2D eigenvalue weighted by molar-refractivity contribution is 7.92. The fourth-order valence-electron chi connectivity index (χ4n) is 2.78. The summed E-state index contributed by atoms with van der Waals surface area (Å²) in [6, 6.07) is 19.0. The number of para-hydroxylation sites is 1. The summed E-state index contributed by atoms with van der Waals surface area (Å²) in [5.41, 5.74) is 1.06. The predicted octanol–water partition coefficient (Wildman–Crippen LogP) is 5.79. The maximum absolute atomic E-state index is 12.7. The van der Waals surface area contributed by atoms with Gasteiger partial charge in [0.2, 0.25) is 0 Å². The fraction of sp³-hybridized carbons (Fsp3) is 0. The second-order valence-electron chi connectivity index (χ2n) is 6.36. The molecule has 9 heteroatoms. The number of furan rings is 1. The molecule has 0 atom stereocenters. The molecule has 2 N–H and O–H groups in total. The molecule has 1 amide bonds. The number of fused-ring (bicyclic) bond motifs is 1. The quantitative estimate of drug-likeness (QED) is 0.394.